The second-order valence-corrected chi connectivity index (χ2v) is 8.38. The number of piperidine rings is 1. The van der Waals surface area contributed by atoms with Crippen molar-refractivity contribution in [3.8, 4) is 0 Å². The van der Waals surface area contributed by atoms with E-state index in [-0.39, 0.29) is 0 Å². The van der Waals surface area contributed by atoms with E-state index in [1.807, 2.05) is 11.6 Å². The lowest BCUT2D eigenvalue weighted by molar-refractivity contribution is 0.416. The van der Waals surface area contributed by atoms with Gasteiger partial charge in [0, 0.05) is 48.6 Å². The summed E-state index contributed by atoms with van der Waals surface area (Å²) >= 11 is 3.48. The number of hydrogen-bond donors (Lipinski definition) is 1. The standard InChI is InChI=1S/C17H21N5S2/c1-12-10-14-16(20-11-21-17(14)24-12)22-7-3-13(4-8-22)18-5-2-15-19-6-9-23-15/h6,9-11,13,18H,2-5,7-8H2,1H3. The van der Waals surface area contributed by atoms with Crippen molar-refractivity contribution in [3.63, 3.8) is 0 Å². The fraction of sp³-hybridized carbons (Fsp3) is 0.471. The summed E-state index contributed by atoms with van der Waals surface area (Å²) in [6, 6.07) is 2.82. The summed E-state index contributed by atoms with van der Waals surface area (Å²) in [5, 5.41) is 8.15. The first kappa shape index (κ1) is 15.9. The molecule has 5 nitrogen and oxygen atoms in total. The average Bonchev–Trinajstić information content (AvgIpc) is 3.23. The molecule has 0 unspecified atom stereocenters. The van der Waals surface area contributed by atoms with E-state index in [1.54, 1.807) is 29.0 Å². The van der Waals surface area contributed by atoms with Crippen LogP contribution in [0.25, 0.3) is 10.2 Å². The average molecular weight is 360 g/mol. The zero-order valence-corrected chi connectivity index (χ0v) is 15.4. The number of hydrogen-bond acceptors (Lipinski definition) is 7. The molecule has 1 N–H and O–H groups in total. The molecular formula is C17H21N5S2. The molecule has 0 amide bonds. The predicted molar refractivity (Wildman–Crippen MR) is 101 cm³/mol. The van der Waals surface area contributed by atoms with Crippen LogP contribution >= 0.6 is 22.7 Å². The Morgan fingerprint density at radius 2 is 2.12 bits per heavy atom. The van der Waals surface area contributed by atoms with Crippen molar-refractivity contribution in [1.29, 1.82) is 0 Å². The van der Waals surface area contributed by atoms with Crippen LogP contribution < -0.4 is 10.2 Å². The van der Waals surface area contributed by atoms with Gasteiger partial charge in [0.2, 0.25) is 0 Å². The van der Waals surface area contributed by atoms with Crippen molar-refractivity contribution < 1.29 is 0 Å². The van der Waals surface area contributed by atoms with E-state index in [2.05, 4.69) is 38.2 Å². The Kier molecular flexibility index (Phi) is 4.73. The van der Waals surface area contributed by atoms with E-state index < -0.39 is 0 Å². The first-order valence-corrected chi connectivity index (χ1v) is 10.1. The summed E-state index contributed by atoms with van der Waals surface area (Å²) in [7, 11) is 0. The number of anilines is 1. The van der Waals surface area contributed by atoms with Gasteiger partial charge in [-0.05, 0) is 25.8 Å². The van der Waals surface area contributed by atoms with Gasteiger partial charge >= 0.3 is 0 Å². The molecule has 0 atom stereocenters. The molecule has 1 fully saturated rings. The summed E-state index contributed by atoms with van der Waals surface area (Å²) < 4.78 is 0. The van der Waals surface area contributed by atoms with Crippen molar-refractivity contribution in [2.75, 3.05) is 24.5 Å². The molecule has 0 aromatic carbocycles. The smallest absolute Gasteiger partial charge is 0.140 e. The van der Waals surface area contributed by atoms with Gasteiger partial charge in [-0.25, -0.2) is 15.0 Å². The van der Waals surface area contributed by atoms with E-state index in [0.717, 1.165) is 49.5 Å². The number of rotatable bonds is 5. The maximum absolute atomic E-state index is 4.56. The van der Waals surface area contributed by atoms with Crippen molar-refractivity contribution in [2.45, 2.75) is 32.2 Å². The summed E-state index contributed by atoms with van der Waals surface area (Å²) in [6.45, 7) is 5.25. The molecule has 4 heterocycles. The maximum Gasteiger partial charge on any atom is 0.140 e. The van der Waals surface area contributed by atoms with Crippen LogP contribution in [0.2, 0.25) is 0 Å². The summed E-state index contributed by atoms with van der Waals surface area (Å²) in [4.78, 5) is 18.1. The molecule has 1 aliphatic rings. The topological polar surface area (TPSA) is 53.9 Å². The number of aryl methyl sites for hydroxylation is 1. The van der Waals surface area contributed by atoms with Gasteiger partial charge in [0.1, 0.15) is 17.0 Å². The highest BCUT2D eigenvalue weighted by molar-refractivity contribution is 7.18. The highest BCUT2D eigenvalue weighted by Crippen LogP contribution is 2.31. The molecule has 0 radical (unpaired) electrons. The van der Waals surface area contributed by atoms with E-state index in [4.69, 9.17) is 0 Å². The van der Waals surface area contributed by atoms with E-state index in [0.29, 0.717) is 6.04 Å². The predicted octanol–water partition coefficient (Wildman–Crippen LogP) is 3.26. The van der Waals surface area contributed by atoms with Crippen LogP contribution in [0, 0.1) is 6.92 Å². The molecule has 4 rings (SSSR count). The number of thiophene rings is 1. The highest BCUT2D eigenvalue weighted by Gasteiger charge is 2.21. The fourth-order valence-electron chi connectivity index (χ4n) is 3.27. The van der Waals surface area contributed by atoms with Gasteiger partial charge in [-0.1, -0.05) is 0 Å². The maximum atomic E-state index is 4.56. The number of nitrogens with zero attached hydrogens (tertiary/aromatic N) is 4. The molecule has 0 saturated carbocycles. The zero-order chi connectivity index (χ0) is 16.4. The summed E-state index contributed by atoms with van der Waals surface area (Å²) in [6.07, 6.45) is 6.93. The quantitative estimate of drug-likeness (QED) is 0.758. The SMILES string of the molecule is Cc1cc2c(N3CCC(NCCc4nccs4)CC3)ncnc2s1. The molecule has 3 aromatic rings. The summed E-state index contributed by atoms with van der Waals surface area (Å²) in [5.41, 5.74) is 0. The van der Waals surface area contributed by atoms with Crippen LogP contribution in [0.5, 0.6) is 0 Å². The second kappa shape index (κ2) is 7.13. The van der Waals surface area contributed by atoms with Gasteiger partial charge in [0.05, 0.1) is 10.4 Å². The molecule has 7 heteroatoms. The minimum Gasteiger partial charge on any atom is -0.356 e. The number of nitrogens with one attached hydrogen (secondary N) is 1. The van der Waals surface area contributed by atoms with Crippen LogP contribution in [-0.4, -0.2) is 40.6 Å². The van der Waals surface area contributed by atoms with Crippen molar-refractivity contribution in [1.82, 2.24) is 20.3 Å². The van der Waals surface area contributed by atoms with Crippen LogP contribution in [0.15, 0.2) is 24.0 Å². The molecule has 1 aliphatic heterocycles. The van der Waals surface area contributed by atoms with Crippen LogP contribution in [0.3, 0.4) is 0 Å². The normalized spacial score (nSPS) is 16.1. The molecule has 1 saturated heterocycles. The number of aromatic nitrogens is 3. The summed E-state index contributed by atoms with van der Waals surface area (Å²) in [5.74, 6) is 1.10. The van der Waals surface area contributed by atoms with Crippen molar-refractivity contribution in [3.05, 3.63) is 33.9 Å². The minimum atomic E-state index is 0.600. The monoisotopic (exact) mass is 359 g/mol. The largest absolute Gasteiger partial charge is 0.356 e. The second-order valence-electron chi connectivity index (χ2n) is 6.16. The Labute approximate surface area is 149 Å². The highest BCUT2D eigenvalue weighted by atomic mass is 32.1. The van der Waals surface area contributed by atoms with Crippen LogP contribution in [0.1, 0.15) is 22.7 Å². The molecular weight excluding hydrogens is 338 g/mol. The molecule has 0 spiro atoms. The first-order chi connectivity index (χ1) is 11.8. The molecule has 0 aliphatic carbocycles. The van der Waals surface area contributed by atoms with Gasteiger partial charge in [-0.15, -0.1) is 22.7 Å². The van der Waals surface area contributed by atoms with Gasteiger partial charge in [0.25, 0.3) is 0 Å². The van der Waals surface area contributed by atoms with Crippen molar-refractivity contribution >= 4 is 38.7 Å². The Bertz CT molecular complexity index is 791. The van der Waals surface area contributed by atoms with Crippen molar-refractivity contribution in [2.24, 2.45) is 0 Å². The van der Waals surface area contributed by atoms with E-state index in [9.17, 15) is 0 Å². The third kappa shape index (κ3) is 3.43. The van der Waals surface area contributed by atoms with E-state index >= 15 is 0 Å². The lowest BCUT2D eigenvalue weighted by Gasteiger charge is -2.33. The first-order valence-electron chi connectivity index (χ1n) is 8.37. The Hall–Kier alpha value is -1.57. The third-order valence-corrected chi connectivity index (χ3v) is 6.28. The lowest BCUT2D eigenvalue weighted by atomic mass is 10.0. The minimum absolute atomic E-state index is 0.600. The van der Waals surface area contributed by atoms with Gasteiger partial charge in [-0.2, -0.15) is 0 Å². The Morgan fingerprint density at radius 3 is 2.92 bits per heavy atom. The van der Waals surface area contributed by atoms with Crippen LogP contribution in [-0.2, 0) is 6.42 Å². The lowest BCUT2D eigenvalue weighted by Crippen LogP contribution is -2.43. The molecule has 24 heavy (non-hydrogen) atoms. The molecule has 0 bridgehead atoms. The van der Waals surface area contributed by atoms with Gasteiger partial charge in [-0.3, -0.25) is 0 Å². The van der Waals surface area contributed by atoms with Gasteiger partial charge < -0.3 is 10.2 Å². The zero-order valence-electron chi connectivity index (χ0n) is 13.7. The van der Waals surface area contributed by atoms with E-state index in [1.165, 1.54) is 15.3 Å². The fourth-order valence-corrected chi connectivity index (χ4v) is 4.73. The van der Waals surface area contributed by atoms with Crippen LogP contribution in [0.4, 0.5) is 5.82 Å². The Balaban J connectivity index is 1.33. The van der Waals surface area contributed by atoms with Gasteiger partial charge in [0.15, 0.2) is 0 Å². The number of thiazole rings is 1. The molecule has 3 aromatic heterocycles. The number of fused-ring (bicyclic) bond motifs is 1. The molecule has 126 valence electrons. The Morgan fingerprint density at radius 1 is 1.25 bits per heavy atom. The third-order valence-electron chi connectivity index (χ3n) is 4.48.